The fourth-order valence-electron chi connectivity index (χ4n) is 2.79. The van der Waals surface area contributed by atoms with Gasteiger partial charge in [-0.05, 0) is 24.3 Å². The van der Waals surface area contributed by atoms with Gasteiger partial charge in [-0.25, -0.2) is 0 Å². The molecule has 2 aromatic rings. The fraction of sp³-hybridized carbons (Fsp3) is 0.200. The summed E-state index contributed by atoms with van der Waals surface area (Å²) >= 11 is 0. The van der Waals surface area contributed by atoms with E-state index in [9.17, 15) is 0 Å². The van der Waals surface area contributed by atoms with E-state index < -0.39 is 0 Å². The highest BCUT2D eigenvalue weighted by atomic mass is 16.5. The van der Waals surface area contributed by atoms with E-state index in [2.05, 4.69) is 0 Å². The first-order valence-corrected chi connectivity index (χ1v) is 7.77. The van der Waals surface area contributed by atoms with E-state index in [0.29, 0.717) is 0 Å². The SMILES string of the molecule is COc1ccccc1C1=[N+]=C(C)C(c2ccccc2OC)=[N+]=C1C. The van der Waals surface area contributed by atoms with Crippen molar-refractivity contribution in [3.05, 3.63) is 59.7 Å². The molecule has 0 bridgehead atoms. The maximum absolute atomic E-state index is 5.46. The van der Waals surface area contributed by atoms with E-state index in [1.54, 1.807) is 14.2 Å². The predicted molar refractivity (Wildman–Crippen MR) is 99.8 cm³/mol. The van der Waals surface area contributed by atoms with E-state index in [1.807, 2.05) is 62.4 Å². The van der Waals surface area contributed by atoms with Crippen LogP contribution in [0.5, 0.6) is 11.5 Å². The third kappa shape index (κ3) is 2.77. The Morgan fingerprint density at radius 3 is 1.38 bits per heavy atom. The summed E-state index contributed by atoms with van der Waals surface area (Å²) in [5.74, 6) is 1.58. The molecule has 1 aliphatic heterocycles. The summed E-state index contributed by atoms with van der Waals surface area (Å²) in [6, 6.07) is 15.7. The van der Waals surface area contributed by atoms with Gasteiger partial charge in [0.15, 0.2) is 0 Å². The first-order chi connectivity index (χ1) is 11.7. The van der Waals surface area contributed by atoms with Gasteiger partial charge in [-0.1, -0.05) is 33.6 Å². The van der Waals surface area contributed by atoms with E-state index in [1.165, 1.54) is 0 Å². The number of rotatable bonds is 4. The van der Waals surface area contributed by atoms with Gasteiger partial charge < -0.3 is 9.47 Å². The van der Waals surface area contributed by atoms with Crippen LogP contribution in [0.2, 0.25) is 0 Å². The summed E-state index contributed by atoms with van der Waals surface area (Å²) in [5, 5.41) is 0. The molecule has 2 aromatic carbocycles. The van der Waals surface area contributed by atoms with Crippen LogP contribution in [0.4, 0.5) is 0 Å². The standard InChI is InChI=1S/C20H20N2O2/c1-13-19(15-9-5-7-11-17(15)23-3)22-14(2)20(21-13)16-10-6-8-12-18(16)24-4/h5-12H,1-4H3/q+2. The van der Waals surface area contributed by atoms with Crippen LogP contribution >= 0.6 is 0 Å². The monoisotopic (exact) mass is 320 g/mol. The van der Waals surface area contributed by atoms with Gasteiger partial charge in [-0.2, -0.15) is 0 Å². The zero-order valence-electron chi connectivity index (χ0n) is 14.3. The second-order valence-corrected chi connectivity index (χ2v) is 5.49. The lowest BCUT2D eigenvalue weighted by Gasteiger charge is -2.03. The summed E-state index contributed by atoms with van der Waals surface area (Å²) in [5.41, 5.74) is 5.27. The molecule has 4 heteroatoms. The predicted octanol–water partition coefficient (Wildman–Crippen LogP) is 2.05. The van der Waals surface area contributed by atoms with Crippen molar-refractivity contribution in [1.29, 1.82) is 0 Å². The summed E-state index contributed by atoms with van der Waals surface area (Å²) < 4.78 is 20.5. The minimum absolute atomic E-state index is 0.791. The van der Waals surface area contributed by atoms with Gasteiger partial charge in [0.1, 0.15) is 22.6 Å². The minimum Gasteiger partial charge on any atom is -0.496 e. The topological polar surface area (TPSA) is 46.7 Å². The normalized spacial score (nSPS) is 13.5. The van der Waals surface area contributed by atoms with Crippen LogP contribution in [0.1, 0.15) is 25.0 Å². The Labute approximate surface area is 141 Å². The Kier molecular flexibility index (Phi) is 4.35. The third-order valence-corrected chi connectivity index (χ3v) is 3.97. The summed E-state index contributed by atoms with van der Waals surface area (Å²) in [6.07, 6.45) is 0. The van der Waals surface area contributed by atoms with E-state index in [-0.39, 0.29) is 0 Å². The van der Waals surface area contributed by atoms with E-state index >= 15 is 0 Å². The lowest BCUT2D eigenvalue weighted by molar-refractivity contribution is 0.414. The highest BCUT2D eigenvalue weighted by molar-refractivity contribution is 6.56. The van der Waals surface area contributed by atoms with Gasteiger partial charge >= 0.3 is 22.8 Å². The first kappa shape index (κ1) is 15.8. The van der Waals surface area contributed by atoms with E-state index in [4.69, 9.17) is 18.8 Å². The van der Waals surface area contributed by atoms with Crippen molar-refractivity contribution in [3.63, 3.8) is 0 Å². The van der Waals surface area contributed by atoms with Crippen LogP contribution < -0.4 is 18.8 Å². The largest absolute Gasteiger partial charge is 0.496 e. The average Bonchev–Trinajstić information content (AvgIpc) is 2.63. The fourth-order valence-corrected chi connectivity index (χ4v) is 2.79. The van der Waals surface area contributed by atoms with Crippen LogP contribution in [-0.2, 0) is 0 Å². The van der Waals surface area contributed by atoms with Gasteiger partial charge in [0.2, 0.25) is 0 Å². The molecule has 3 rings (SSSR count). The molecule has 0 fully saturated rings. The Balaban J connectivity index is 2.16. The molecule has 120 valence electrons. The molecular formula is C20H20N2O2+2. The number of hydrogen-bond acceptors (Lipinski definition) is 2. The molecule has 0 unspecified atom stereocenters. The van der Waals surface area contributed by atoms with Crippen LogP contribution in [0, 0.1) is 0 Å². The number of hydrogen-bond donors (Lipinski definition) is 0. The van der Waals surface area contributed by atoms with Crippen molar-refractivity contribution >= 4 is 22.8 Å². The second-order valence-electron chi connectivity index (χ2n) is 5.49. The first-order valence-electron chi connectivity index (χ1n) is 7.77. The smallest absolute Gasteiger partial charge is 0.422 e. The average molecular weight is 320 g/mol. The number of benzene rings is 2. The number of methoxy groups -OCH3 is 2. The summed E-state index contributed by atoms with van der Waals surface area (Å²) in [7, 11) is 3.33. The molecule has 24 heavy (non-hydrogen) atoms. The lowest BCUT2D eigenvalue weighted by atomic mass is 10.0. The van der Waals surface area contributed by atoms with Gasteiger partial charge in [0.25, 0.3) is 0 Å². The van der Waals surface area contributed by atoms with Gasteiger partial charge in [-0.3, -0.25) is 0 Å². The zero-order chi connectivity index (χ0) is 17.1. The van der Waals surface area contributed by atoms with Crippen molar-refractivity contribution in [3.8, 4) is 11.5 Å². The molecule has 0 radical (unpaired) electrons. The van der Waals surface area contributed by atoms with Crippen LogP contribution in [0.15, 0.2) is 48.5 Å². The second kappa shape index (κ2) is 6.59. The molecule has 4 nitrogen and oxygen atoms in total. The maximum atomic E-state index is 5.46. The van der Waals surface area contributed by atoms with Crippen molar-refractivity contribution < 1.29 is 9.47 Å². The molecule has 0 atom stereocenters. The Morgan fingerprint density at radius 2 is 1.00 bits per heavy atom. The number of para-hydroxylation sites is 2. The Morgan fingerprint density at radius 1 is 0.625 bits per heavy atom. The molecule has 0 amide bonds. The molecule has 0 saturated heterocycles. The minimum atomic E-state index is 0.791. The van der Waals surface area contributed by atoms with E-state index in [0.717, 1.165) is 45.5 Å². The molecule has 1 aliphatic rings. The number of nitrogens with zero attached hydrogens (tertiary/aromatic N) is 2. The van der Waals surface area contributed by atoms with Gasteiger partial charge in [0, 0.05) is 13.8 Å². The molecule has 0 spiro atoms. The Bertz CT molecular complexity index is 851. The lowest BCUT2D eigenvalue weighted by Crippen LogP contribution is -2.31. The molecule has 0 aromatic heterocycles. The third-order valence-electron chi connectivity index (χ3n) is 3.97. The summed E-state index contributed by atoms with van der Waals surface area (Å²) in [4.78, 5) is 0. The van der Waals surface area contributed by atoms with Crippen molar-refractivity contribution in [1.82, 2.24) is 9.34 Å². The molecule has 0 saturated carbocycles. The number of ether oxygens (including phenoxy) is 2. The van der Waals surface area contributed by atoms with Crippen molar-refractivity contribution in [2.75, 3.05) is 14.2 Å². The van der Waals surface area contributed by atoms with Crippen molar-refractivity contribution in [2.45, 2.75) is 13.8 Å². The Hall–Kier alpha value is -3.06. The van der Waals surface area contributed by atoms with Gasteiger partial charge in [-0.15, -0.1) is 0 Å². The van der Waals surface area contributed by atoms with Crippen molar-refractivity contribution in [2.24, 2.45) is 0 Å². The van der Waals surface area contributed by atoms with Gasteiger partial charge in [0.05, 0.1) is 14.2 Å². The maximum Gasteiger partial charge on any atom is 0.422 e. The quantitative estimate of drug-likeness (QED) is 0.810. The van der Waals surface area contributed by atoms with Crippen LogP contribution in [0.25, 0.3) is 0 Å². The zero-order valence-corrected chi connectivity index (χ0v) is 14.3. The molecule has 1 heterocycles. The highest BCUT2D eigenvalue weighted by Crippen LogP contribution is 2.20. The van der Waals surface area contributed by atoms with Crippen LogP contribution in [-0.4, -0.2) is 37.1 Å². The molecular weight excluding hydrogens is 300 g/mol. The molecule has 0 N–H and O–H groups in total. The highest BCUT2D eigenvalue weighted by Gasteiger charge is 2.39. The molecule has 0 aliphatic carbocycles. The van der Waals surface area contributed by atoms with Crippen LogP contribution in [0.3, 0.4) is 0 Å². The summed E-state index contributed by atoms with van der Waals surface area (Å²) in [6.45, 7) is 3.93.